The number of amides is 2. The topological polar surface area (TPSA) is 216 Å². The van der Waals surface area contributed by atoms with Crippen molar-refractivity contribution in [3.8, 4) is 0 Å². The monoisotopic (exact) mass is 515 g/mol. The van der Waals surface area contributed by atoms with Crippen LogP contribution in [-0.2, 0) is 18.9 Å². The van der Waals surface area contributed by atoms with Gasteiger partial charge in [-0.15, -0.1) is 0 Å². The third kappa shape index (κ3) is 4.90. The highest BCUT2D eigenvalue weighted by Gasteiger charge is 2.50. The van der Waals surface area contributed by atoms with Crippen molar-refractivity contribution in [2.45, 2.75) is 61.4 Å². The molecule has 0 aliphatic carbocycles. The highest BCUT2D eigenvalue weighted by Crippen LogP contribution is 2.30. The van der Waals surface area contributed by atoms with Gasteiger partial charge in [0, 0.05) is 0 Å². The second-order valence-corrected chi connectivity index (χ2v) is 8.68. The fraction of sp³-hybridized carbons (Fsp3) is 0.636. The van der Waals surface area contributed by atoms with Gasteiger partial charge < -0.3 is 54.7 Å². The standard InChI is InChI=1S/C22H29NO13/c24-7-11-13(26)14(27)16(29)22(34-11)36-18-12(8-25)35-21(17(30)15(18)28)33-6-5-23-19(31)9-3-1-2-4-10(9)20(23)32/h1-4,11-18,21-22,24-30H,5-8H2. The summed E-state index contributed by atoms with van der Waals surface area (Å²) in [5.41, 5.74) is 0.529. The number of ether oxygens (including phenoxy) is 4. The van der Waals surface area contributed by atoms with Gasteiger partial charge in [0.2, 0.25) is 0 Å². The molecule has 0 spiro atoms. The summed E-state index contributed by atoms with van der Waals surface area (Å²) in [6, 6.07) is 6.33. The maximum Gasteiger partial charge on any atom is 0.261 e. The number of benzene rings is 1. The zero-order valence-electron chi connectivity index (χ0n) is 18.9. The summed E-state index contributed by atoms with van der Waals surface area (Å²) in [7, 11) is 0. The van der Waals surface area contributed by atoms with Crippen molar-refractivity contribution in [1.29, 1.82) is 0 Å². The van der Waals surface area contributed by atoms with Gasteiger partial charge in [-0.3, -0.25) is 14.5 Å². The number of carbonyl (C=O) groups excluding carboxylic acids is 2. The molecule has 10 unspecified atom stereocenters. The van der Waals surface area contributed by atoms with E-state index in [4.69, 9.17) is 18.9 Å². The van der Waals surface area contributed by atoms with Crippen LogP contribution in [0.3, 0.4) is 0 Å². The van der Waals surface area contributed by atoms with E-state index in [1.807, 2.05) is 0 Å². The Hall–Kier alpha value is -2.08. The van der Waals surface area contributed by atoms with Crippen LogP contribution < -0.4 is 0 Å². The molecular formula is C22H29NO13. The van der Waals surface area contributed by atoms with E-state index >= 15 is 0 Å². The summed E-state index contributed by atoms with van der Waals surface area (Å²) < 4.78 is 21.7. The number of imide groups is 1. The van der Waals surface area contributed by atoms with Crippen LogP contribution in [0.2, 0.25) is 0 Å². The molecule has 1 aromatic rings. The Morgan fingerprint density at radius 2 is 1.31 bits per heavy atom. The van der Waals surface area contributed by atoms with Crippen molar-refractivity contribution in [3.63, 3.8) is 0 Å². The molecule has 14 nitrogen and oxygen atoms in total. The Morgan fingerprint density at radius 3 is 1.89 bits per heavy atom. The Balaban J connectivity index is 1.35. The number of aliphatic hydroxyl groups excluding tert-OH is 7. The third-order valence-corrected chi connectivity index (χ3v) is 6.44. The summed E-state index contributed by atoms with van der Waals surface area (Å²) in [5.74, 6) is -0.990. The van der Waals surface area contributed by atoms with E-state index in [1.165, 1.54) is 12.1 Å². The van der Waals surface area contributed by atoms with Crippen molar-refractivity contribution in [1.82, 2.24) is 4.90 Å². The van der Waals surface area contributed by atoms with Crippen LogP contribution in [0.15, 0.2) is 24.3 Å². The fourth-order valence-electron chi connectivity index (χ4n) is 4.40. The normalized spacial score (nSPS) is 38.9. The smallest absolute Gasteiger partial charge is 0.261 e. The lowest BCUT2D eigenvalue weighted by atomic mass is 9.97. The summed E-state index contributed by atoms with van der Waals surface area (Å²) in [5, 5.41) is 70.2. The largest absolute Gasteiger partial charge is 0.394 e. The SMILES string of the molecule is O=C1c2ccccc2C(=O)N1CCOC1OC(CO)C(OC2OC(CO)C(O)C(O)C2O)C(O)C1O. The highest BCUT2D eigenvalue weighted by molar-refractivity contribution is 6.21. The van der Waals surface area contributed by atoms with E-state index in [2.05, 4.69) is 0 Å². The molecule has 36 heavy (non-hydrogen) atoms. The molecule has 1 aromatic carbocycles. The van der Waals surface area contributed by atoms with Crippen LogP contribution in [-0.4, -0.2) is 140 Å². The van der Waals surface area contributed by atoms with Crippen molar-refractivity contribution in [3.05, 3.63) is 35.4 Å². The first kappa shape index (κ1) is 27.0. The molecule has 14 heteroatoms. The Labute approximate surface area is 204 Å². The van der Waals surface area contributed by atoms with Crippen molar-refractivity contribution in [2.75, 3.05) is 26.4 Å². The molecule has 0 bridgehead atoms. The van der Waals surface area contributed by atoms with Crippen molar-refractivity contribution >= 4 is 11.8 Å². The summed E-state index contributed by atoms with van der Waals surface area (Å²) >= 11 is 0. The maximum absolute atomic E-state index is 12.4. The van der Waals surface area contributed by atoms with Gasteiger partial charge in [0.25, 0.3) is 11.8 Å². The van der Waals surface area contributed by atoms with Crippen LogP contribution in [0, 0.1) is 0 Å². The third-order valence-electron chi connectivity index (χ3n) is 6.44. The Bertz CT molecular complexity index is 907. The molecule has 2 fully saturated rings. The lowest BCUT2D eigenvalue weighted by Gasteiger charge is -2.45. The molecule has 3 aliphatic rings. The predicted octanol–water partition coefficient (Wildman–Crippen LogP) is -4.08. The zero-order chi connectivity index (χ0) is 26.1. The van der Waals surface area contributed by atoms with E-state index in [9.17, 15) is 45.3 Å². The molecule has 3 heterocycles. The maximum atomic E-state index is 12.4. The molecule has 7 N–H and O–H groups in total. The molecule has 2 amide bonds. The van der Waals surface area contributed by atoms with E-state index in [0.717, 1.165) is 4.90 Å². The Kier molecular flexibility index (Phi) is 8.33. The molecule has 0 aromatic heterocycles. The summed E-state index contributed by atoms with van der Waals surface area (Å²) in [4.78, 5) is 25.9. The van der Waals surface area contributed by atoms with E-state index < -0.39 is 86.4 Å². The number of carbonyl (C=O) groups is 2. The lowest BCUT2D eigenvalue weighted by Crippen LogP contribution is -2.64. The first-order valence-corrected chi connectivity index (χ1v) is 11.3. The van der Waals surface area contributed by atoms with E-state index in [1.54, 1.807) is 12.1 Å². The van der Waals surface area contributed by atoms with Crippen LogP contribution in [0.5, 0.6) is 0 Å². The minimum atomic E-state index is -1.78. The van der Waals surface area contributed by atoms with Crippen molar-refractivity contribution < 1.29 is 64.3 Å². The molecule has 0 radical (unpaired) electrons. The van der Waals surface area contributed by atoms with Gasteiger partial charge in [-0.1, -0.05) is 12.1 Å². The average molecular weight is 515 g/mol. The van der Waals surface area contributed by atoms with Gasteiger partial charge in [-0.2, -0.15) is 0 Å². The van der Waals surface area contributed by atoms with Crippen LogP contribution in [0.4, 0.5) is 0 Å². The lowest BCUT2D eigenvalue weighted by molar-refractivity contribution is -0.359. The number of hydrogen-bond donors (Lipinski definition) is 7. The highest BCUT2D eigenvalue weighted by atomic mass is 16.7. The second kappa shape index (κ2) is 11.1. The number of rotatable bonds is 8. The molecule has 4 rings (SSSR count). The number of hydrogen-bond acceptors (Lipinski definition) is 13. The molecule has 2 saturated heterocycles. The Morgan fingerprint density at radius 1 is 0.750 bits per heavy atom. The minimum absolute atomic E-state index is 0.163. The predicted molar refractivity (Wildman–Crippen MR) is 114 cm³/mol. The van der Waals surface area contributed by atoms with Crippen LogP contribution in [0.25, 0.3) is 0 Å². The van der Waals surface area contributed by atoms with E-state index in [0.29, 0.717) is 0 Å². The molecule has 0 saturated carbocycles. The number of aliphatic hydroxyl groups is 7. The van der Waals surface area contributed by atoms with Gasteiger partial charge in [0.05, 0.1) is 37.5 Å². The number of nitrogens with zero attached hydrogens (tertiary/aromatic N) is 1. The summed E-state index contributed by atoms with van der Waals surface area (Å²) in [6.45, 7) is -1.84. The molecule has 200 valence electrons. The quantitative estimate of drug-likeness (QED) is 0.164. The first-order valence-electron chi connectivity index (χ1n) is 11.3. The second-order valence-electron chi connectivity index (χ2n) is 8.68. The van der Waals surface area contributed by atoms with Gasteiger partial charge in [0.15, 0.2) is 12.6 Å². The van der Waals surface area contributed by atoms with Crippen LogP contribution in [0.1, 0.15) is 20.7 Å². The van der Waals surface area contributed by atoms with Gasteiger partial charge >= 0.3 is 0 Å². The molecular weight excluding hydrogens is 486 g/mol. The first-order chi connectivity index (χ1) is 17.2. The van der Waals surface area contributed by atoms with Crippen LogP contribution >= 0.6 is 0 Å². The minimum Gasteiger partial charge on any atom is -0.394 e. The zero-order valence-corrected chi connectivity index (χ0v) is 18.9. The summed E-state index contributed by atoms with van der Waals surface area (Å²) in [6.07, 6.45) is -15.7. The van der Waals surface area contributed by atoms with E-state index in [-0.39, 0.29) is 24.3 Å². The van der Waals surface area contributed by atoms with Gasteiger partial charge in [0.1, 0.15) is 48.8 Å². The molecule has 10 atom stereocenters. The average Bonchev–Trinajstić information content (AvgIpc) is 3.13. The molecule has 3 aliphatic heterocycles. The fourth-order valence-corrected chi connectivity index (χ4v) is 4.40. The van der Waals surface area contributed by atoms with Gasteiger partial charge in [-0.05, 0) is 12.1 Å². The van der Waals surface area contributed by atoms with Gasteiger partial charge in [-0.25, -0.2) is 0 Å². The number of fused-ring (bicyclic) bond motifs is 1. The van der Waals surface area contributed by atoms with Crippen molar-refractivity contribution in [2.24, 2.45) is 0 Å².